The Morgan fingerprint density at radius 1 is 1.03 bits per heavy atom. The molecule has 3 aromatic rings. The van der Waals surface area contributed by atoms with Gasteiger partial charge in [-0.2, -0.15) is 0 Å². The summed E-state index contributed by atoms with van der Waals surface area (Å²) in [6.07, 6.45) is 5.12. The summed E-state index contributed by atoms with van der Waals surface area (Å²) in [6, 6.07) is 8.51. The Kier molecular flexibility index (Phi) is 9.61. The Hall–Kier alpha value is -3.69. The normalized spacial score (nSPS) is 12.1. The number of aromatic nitrogens is 4. The second kappa shape index (κ2) is 12.9. The second-order valence-corrected chi connectivity index (χ2v) is 9.04. The highest BCUT2D eigenvalue weighted by atomic mass is 16.2. The number of hydrogen-bond acceptors (Lipinski definition) is 5. The van der Waals surface area contributed by atoms with E-state index in [0.717, 1.165) is 37.7 Å². The number of hydrogen-bond donors (Lipinski definition) is 3. The summed E-state index contributed by atoms with van der Waals surface area (Å²) < 4.78 is 3.33. The fourth-order valence-corrected chi connectivity index (χ4v) is 4.26. The van der Waals surface area contributed by atoms with E-state index in [1.165, 1.54) is 4.57 Å². The molecule has 0 fully saturated rings. The molecule has 0 aliphatic carbocycles. The van der Waals surface area contributed by atoms with Crippen LogP contribution in [0.5, 0.6) is 0 Å². The van der Waals surface area contributed by atoms with Crippen molar-refractivity contribution in [2.45, 2.75) is 84.3 Å². The van der Waals surface area contributed by atoms with Crippen LogP contribution in [0.3, 0.4) is 0 Å². The molecule has 2 aromatic heterocycles. The molecule has 194 valence electrons. The fourth-order valence-electron chi connectivity index (χ4n) is 4.26. The van der Waals surface area contributed by atoms with Crippen LogP contribution in [-0.2, 0) is 35.5 Å². The number of carbonyl (C=O) groups excluding carboxylic acids is 2. The third-order valence-electron chi connectivity index (χ3n) is 6.22. The van der Waals surface area contributed by atoms with E-state index in [2.05, 4.69) is 22.2 Å². The average Bonchev–Trinajstić information content (AvgIpc) is 3.21. The number of nitrogens with zero attached hydrogens (tertiary/aromatic N) is 3. The first-order valence-electron chi connectivity index (χ1n) is 12.7. The van der Waals surface area contributed by atoms with Crippen molar-refractivity contribution in [3.8, 4) is 0 Å². The van der Waals surface area contributed by atoms with Gasteiger partial charge in [0, 0.05) is 32.4 Å². The number of aryl methyl sites for hydroxylation is 3. The molecule has 0 saturated carbocycles. The van der Waals surface area contributed by atoms with Gasteiger partial charge in [0.2, 0.25) is 11.8 Å². The Bertz CT molecular complexity index is 1290. The number of fused-ring (bicyclic) bond motifs is 1. The van der Waals surface area contributed by atoms with Crippen LogP contribution < -0.4 is 22.3 Å². The highest BCUT2D eigenvalue weighted by Gasteiger charge is 2.21. The van der Waals surface area contributed by atoms with Crippen molar-refractivity contribution >= 4 is 23.0 Å². The number of primary amides is 1. The molecule has 0 saturated heterocycles. The van der Waals surface area contributed by atoms with Gasteiger partial charge in [0.1, 0.15) is 11.9 Å². The van der Waals surface area contributed by atoms with E-state index in [0.29, 0.717) is 36.5 Å². The number of imidazole rings is 1. The van der Waals surface area contributed by atoms with Gasteiger partial charge >= 0.3 is 5.69 Å². The minimum absolute atomic E-state index is 0.0623. The topological polar surface area (TPSA) is 145 Å². The van der Waals surface area contributed by atoms with Crippen molar-refractivity contribution in [1.29, 1.82) is 0 Å². The van der Waals surface area contributed by atoms with Crippen LogP contribution in [0, 0.1) is 0 Å². The van der Waals surface area contributed by atoms with Crippen LogP contribution in [0.25, 0.3) is 11.2 Å². The number of amides is 2. The predicted molar refractivity (Wildman–Crippen MR) is 139 cm³/mol. The van der Waals surface area contributed by atoms with E-state index >= 15 is 0 Å². The number of nitrogens with two attached hydrogens (primary N) is 1. The van der Waals surface area contributed by atoms with Crippen LogP contribution in [0.4, 0.5) is 0 Å². The van der Waals surface area contributed by atoms with Gasteiger partial charge in [-0.1, -0.05) is 63.4 Å². The summed E-state index contributed by atoms with van der Waals surface area (Å²) in [4.78, 5) is 57.0. The molecule has 3 rings (SSSR count). The number of carbonyl (C=O) groups is 2. The third-order valence-corrected chi connectivity index (χ3v) is 6.22. The summed E-state index contributed by atoms with van der Waals surface area (Å²) >= 11 is 0. The van der Waals surface area contributed by atoms with Gasteiger partial charge in [0.15, 0.2) is 11.2 Å². The quantitative estimate of drug-likeness (QED) is 0.292. The number of nitrogens with one attached hydrogen (secondary N) is 2. The molecule has 2 heterocycles. The van der Waals surface area contributed by atoms with E-state index in [1.807, 2.05) is 41.8 Å². The monoisotopic (exact) mass is 496 g/mol. The number of aromatic amines is 1. The minimum Gasteiger partial charge on any atom is -0.368 e. The van der Waals surface area contributed by atoms with E-state index in [-0.39, 0.29) is 18.7 Å². The predicted octanol–water partition coefficient (Wildman–Crippen LogP) is 2.02. The maximum atomic E-state index is 12.8. The first-order chi connectivity index (χ1) is 17.3. The van der Waals surface area contributed by atoms with Crippen LogP contribution in [-0.4, -0.2) is 37.0 Å². The zero-order valence-corrected chi connectivity index (χ0v) is 21.1. The van der Waals surface area contributed by atoms with Crippen molar-refractivity contribution in [3.63, 3.8) is 0 Å². The van der Waals surface area contributed by atoms with Crippen LogP contribution in [0.15, 0.2) is 39.9 Å². The van der Waals surface area contributed by atoms with Crippen molar-refractivity contribution < 1.29 is 9.59 Å². The van der Waals surface area contributed by atoms with Crippen LogP contribution >= 0.6 is 0 Å². The number of benzene rings is 1. The first kappa shape index (κ1) is 26.9. The molecule has 1 aromatic carbocycles. The zero-order valence-electron chi connectivity index (χ0n) is 21.1. The van der Waals surface area contributed by atoms with Gasteiger partial charge in [-0.25, -0.2) is 9.78 Å². The molecule has 0 aliphatic rings. The van der Waals surface area contributed by atoms with Gasteiger partial charge in [-0.05, 0) is 18.4 Å². The molecule has 4 N–H and O–H groups in total. The Morgan fingerprint density at radius 2 is 1.72 bits per heavy atom. The van der Waals surface area contributed by atoms with Gasteiger partial charge < -0.3 is 15.6 Å². The van der Waals surface area contributed by atoms with E-state index < -0.39 is 23.2 Å². The third kappa shape index (κ3) is 6.71. The van der Waals surface area contributed by atoms with E-state index in [9.17, 15) is 19.2 Å². The smallest absolute Gasteiger partial charge is 0.330 e. The van der Waals surface area contributed by atoms with E-state index in [4.69, 9.17) is 5.73 Å². The van der Waals surface area contributed by atoms with Crippen molar-refractivity contribution in [2.75, 3.05) is 0 Å². The fraction of sp³-hybridized carbons (Fsp3) is 0.500. The molecule has 10 heteroatoms. The molecule has 0 radical (unpaired) electrons. The molecular weight excluding hydrogens is 460 g/mol. The lowest BCUT2D eigenvalue weighted by Gasteiger charge is -2.16. The Balaban J connectivity index is 1.84. The molecule has 0 spiro atoms. The van der Waals surface area contributed by atoms with Crippen molar-refractivity contribution in [1.82, 2.24) is 24.4 Å². The number of rotatable bonds is 14. The molecule has 0 bridgehead atoms. The molecule has 1 atom stereocenters. The molecule has 0 aliphatic heterocycles. The lowest BCUT2D eigenvalue weighted by molar-refractivity contribution is -0.127. The Morgan fingerprint density at radius 3 is 2.39 bits per heavy atom. The lowest BCUT2D eigenvalue weighted by Crippen LogP contribution is -2.45. The Labute approximate surface area is 209 Å². The zero-order chi connectivity index (χ0) is 26.1. The summed E-state index contributed by atoms with van der Waals surface area (Å²) in [7, 11) is 0. The van der Waals surface area contributed by atoms with Gasteiger partial charge in [0.05, 0.1) is 0 Å². The van der Waals surface area contributed by atoms with Gasteiger partial charge in [0.25, 0.3) is 5.56 Å². The maximum absolute atomic E-state index is 12.8. The molecular formula is C26H36N6O4. The minimum atomic E-state index is -0.828. The van der Waals surface area contributed by atoms with Crippen molar-refractivity contribution in [3.05, 3.63) is 62.6 Å². The van der Waals surface area contributed by atoms with Crippen LogP contribution in [0.1, 0.15) is 63.8 Å². The number of unbranched alkanes of at least 4 members (excludes halogenated alkanes) is 3. The molecule has 10 nitrogen and oxygen atoms in total. The highest BCUT2D eigenvalue weighted by molar-refractivity contribution is 5.86. The average molecular weight is 497 g/mol. The molecule has 2 amide bonds. The molecule has 36 heavy (non-hydrogen) atoms. The second-order valence-electron chi connectivity index (χ2n) is 9.04. The number of H-pyrrole nitrogens is 1. The lowest BCUT2D eigenvalue weighted by atomic mass is 10.1. The van der Waals surface area contributed by atoms with Crippen molar-refractivity contribution in [2.24, 2.45) is 5.73 Å². The SMILES string of the molecule is CCCCCn1c(CCC(=O)NC(Cc2ccccc2)C(N)=O)nc2c1c(=O)[nH]c(=O)n2CCCC. The summed E-state index contributed by atoms with van der Waals surface area (Å²) in [5.41, 5.74) is 6.18. The van der Waals surface area contributed by atoms with Gasteiger partial charge in [-0.15, -0.1) is 0 Å². The summed E-state index contributed by atoms with van der Waals surface area (Å²) in [5.74, 6) is -0.374. The largest absolute Gasteiger partial charge is 0.368 e. The van der Waals surface area contributed by atoms with Gasteiger partial charge in [-0.3, -0.25) is 23.9 Å². The first-order valence-corrected chi connectivity index (χ1v) is 12.7. The summed E-state index contributed by atoms with van der Waals surface area (Å²) in [6.45, 7) is 5.14. The van der Waals surface area contributed by atoms with Crippen LogP contribution in [0.2, 0.25) is 0 Å². The molecule has 1 unspecified atom stereocenters. The highest BCUT2D eigenvalue weighted by Crippen LogP contribution is 2.16. The summed E-state index contributed by atoms with van der Waals surface area (Å²) in [5, 5.41) is 2.73. The van der Waals surface area contributed by atoms with E-state index in [1.54, 1.807) is 0 Å². The standard InChI is InChI=1S/C26H36N6O4/c1-3-5-10-16-31-20(29-24-22(31)25(35)30-26(36)32(24)15-6-4-2)13-14-21(33)28-19(23(27)34)17-18-11-8-7-9-12-18/h7-9,11-12,19H,3-6,10,13-17H2,1-2H3,(H2,27,34)(H,28,33)(H,30,35,36). The maximum Gasteiger partial charge on any atom is 0.330 e.